The molecule has 0 aliphatic rings. The fourth-order valence-electron chi connectivity index (χ4n) is 1.14. The number of nitrogens with two attached hydrogens (primary N) is 1. The molecule has 3 N–H and O–H groups in total. The van der Waals surface area contributed by atoms with Crippen LogP contribution in [-0.4, -0.2) is 19.2 Å². The van der Waals surface area contributed by atoms with Crippen molar-refractivity contribution in [3.05, 3.63) is 42.1 Å². The van der Waals surface area contributed by atoms with E-state index in [0.717, 1.165) is 11.3 Å². The smallest absolute Gasteiger partial charge is 0.207 e. The van der Waals surface area contributed by atoms with Crippen molar-refractivity contribution in [3.63, 3.8) is 0 Å². The highest BCUT2D eigenvalue weighted by Crippen LogP contribution is 2.09. The average Bonchev–Trinajstić information content (AvgIpc) is 2.35. The van der Waals surface area contributed by atoms with Gasteiger partial charge < -0.3 is 11.1 Å². The molecule has 1 amide bonds. The molecule has 0 unspecified atom stereocenters. The molecular weight excluding hydrogens is 202 g/mol. The summed E-state index contributed by atoms with van der Waals surface area (Å²) in [5, 5.41) is 2.57. The summed E-state index contributed by atoms with van der Waals surface area (Å²) in [5.74, 6) is 0. The lowest BCUT2D eigenvalue weighted by molar-refractivity contribution is -0.109. The van der Waals surface area contributed by atoms with Gasteiger partial charge in [0.1, 0.15) is 0 Å². The molecule has 0 spiro atoms. The standard InChI is InChI=1S/C12H15N3O/c13-8-11(6-7-14-10-16)9-15-12-4-2-1-3-5-12/h1-5,8-10H,6-7,13H2,(H,14,16). The predicted octanol–water partition coefficient (Wildman–Crippen LogP) is 1.37. The first-order valence-electron chi connectivity index (χ1n) is 5.03. The van der Waals surface area contributed by atoms with Gasteiger partial charge in [-0.3, -0.25) is 9.79 Å². The molecular formula is C12H15N3O. The highest BCUT2D eigenvalue weighted by atomic mass is 16.1. The van der Waals surface area contributed by atoms with Crippen molar-refractivity contribution in [2.45, 2.75) is 6.42 Å². The van der Waals surface area contributed by atoms with Gasteiger partial charge in [0.15, 0.2) is 0 Å². The van der Waals surface area contributed by atoms with Crippen LogP contribution in [0.4, 0.5) is 5.69 Å². The maximum atomic E-state index is 10.1. The fourth-order valence-corrected chi connectivity index (χ4v) is 1.14. The van der Waals surface area contributed by atoms with Crippen LogP contribution >= 0.6 is 0 Å². The fraction of sp³-hybridized carbons (Fsp3) is 0.167. The number of hydrogen-bond donors (Lipinski definition) is 2. The summed E-state index contributed by atoms with van der Waals surface area (Å²) in [4.78, 5) is 14.3. The van der Waals surface area contributed by atoms with Crippen LogP contribution in [0.3, 0.4) is 0 Å². The Hall–Kier alpha value is -2.10. The zero-order valence-corrected chi connectivity index (χ0v) is 8.97. The molecule has 0 fully saturated rings. The minimum absolute atomic E-state index is 0.563. The first-order valence-corrected chi connectivity index (χ1v) is 5.03. The van der Waals surface area contributed by atoms with E-state index in [0.29, 0.717) is 19.4 Å². The van der Waals surface area contributed by atoms with Gasteiger partial charge in [-0.05, 0) is 30.3 Å². The van der Waals surface area contributed by atoms with E-state index in [2.05, 4.69) is 10.3 Å². The Morgan fingerprint density at radius 2 is 2.12 bits per heavy atom. The molecule has 1 aromatic rings. The van der Waals surface area contributed by atoms with Crippen molar-refractivity contribution < 1.29 is 4.79 Å². The number of benzene rings is 1. The third-order valence-corrected chi connectivity index (χ3v) is 1.99. The van der Waals surface area contributed by atoms with E-state index in [9.17, 15) is 4.79 Å². The van der Waals surface area contributed by atoms with E-state index in [4.69, 9.17) is 5.73 Å². The molecule has 0 bridgehead atoms. The minimum Gasteiger partial charge on any atom is -0.404 e. The van der Waals surface area contributed by atoms with Gasteiger partial charge in [-0.25, -0.2) is 0 Å². The number of para-hydroxylation sites is 1. The lowest BCUT2D eigenvalue weighted by Gasteiger charge is -1.99. The molecule has 84 valence electrons. The lowest BCUT2D eigenvalue weighted by Crippen LogP contribution is -2.13. The molecule has 1 aromatic carbocycles. The number of rotatable bonds is 6. The summed E-state index contributed by atoms with van der Waals surface area (Å²) >= 11 is 0. The van der Waals surface area contributed by atoms with Crippen molar-refractivity contribution >= 4 is 18.3 Å². The van der Waals surface area contributed by atoms with Gasteiger partial charge in [0, 0.05) is 12.8 Å². The van der Waals surface area contributed by atoms with Crippen molar-refractivity contribution in [1.29, 1.82) is 0 Å². The number of nitrogens with one attached hydrogen (secondary N) is 1. The summed E-state index contributed by atoms with van der Waals surface area (Å²) in [5.41, 5.74) is 7.22. The molecule has 16 heavy (non-hydrogen) atoms. The second-order valence-corrected chi connectivity index (χ2v) is 3.16. The third-order valence-electron chi connectivity index (χ3n) is 1.99. The normalized spacial score (nSPS) is 11.6. The van der Waals surface area contributed by atoms with Gasteiger partial charge in [-0.2, -0.15) is 0 Å². The number of nitrogens with zero attached hydrogens (tertiary/aromatic N) is 1. The summed E-state index contributed by atoms with van der Waals surface area (Å²) in [6, 6.07) is 9.61. The maximum absolute atomic E-state index is 10.1. The first-order chi connectivity index (χ1) is 7.86. The number of carbonyl (C=O) groups is 1. The lowest BCUT2D eigenvalue weighted by atomic mass is 10.2. The highest BCUT2D eigenvalue weighted by molar-refractivity contribution is 5.80. The molecule has 0 heterocycles. The van der Waals surface area contributed by atoms with Crippen LogP contribution in [0.2, 0.25) is 0 Å². The highest BCUT2D eigenvalue weighted by Gasteiger charge is 1.92. The predicted molar refractivity (Wildman–Crippen MR) is 65.5 cm³/mol. The average molecular weight is 217 g/mol. The number of aliphatic imine (C=N–C) groups is 1. The zero-order valence-electron chi connectivity index (χ0n) is 8.97. The van der Waals surface area contributed by atoms with Crippen LogP contribution < -0.4 is 11.1 Å². The van der Waals surface area contributed by atoms with Crippen LogP contribution in [-0.2, 0) is 4.79 Å². The van der Waals surface area contributed by atoms with Gasteiger partial charge in [-0.15, -0.1) is 0 Å². The van der Waals surface area contributed by atoms with Crippen LogP contribution in [0.5, 0.6) is 0 Å². The molecule has 0 saturated carbocycles. The molecule has 4 heteroatoms. The summed E-state index contributed by atoms with van der Waals surface area (Å²) in [7, 11) is 0. The van der Waals surface area contributed by atoms with Gasteiger partial charge in [0.05, 0.1) is 5.69 Å². The van der Waals surface area contributed by atoms with Crippen LogP contribution in [0.25, 0.3) is 0 Å². The van der Waals surface area contributed by atoms with Crippen molar-refractivity contribution in [3.8, 4) is 0 Å². The van der Waals surface area contributed by atoms with Crippen LogP contribution in [0.15, 0.2) is 47.1 Å². The van der Waals surface area contributed by atoms with E-state index in [1.807, 2.05) is 30.3 Å². The molecule has 0 radical (unpaired) electrons. The van der Waals surface area contributed by atoms with Crippen molar-refractivity contribution in [2.75, 3.05) is 6.54 Å². The van der Waals surface area contributed by atoms with Crippen molar-refractivity contribution in [1.82, 2.24) is 5.32 Å². The van der Waals surface area contributed by atoms with E-state index in [-0.39, 0.29) is 0 Å². The monoisotopic (exact) mass is 217 g/mol. The Morgan fingerprint density at radius 1 is 1.38 bits per heavy atom. The second kappa shape index (κ2) is 7.23. The largest absolute Gasteiger partial charge is 0.404 e. The maximum Gasteiger partial charge on any atom is 0.207 e. The van der Waals surface area contributed by atoms with E-state index in [1.165, 1.54) is 6.20 Å². The number of hydrogen-bond acceptors (Lipinski definition) is 3. The van der Waals surface area contributed by atoms with E-state index in [1.54, 1.807) is 6.21 Å². The second-order valence-electron chi connectivity index (χ2n) is 3.16. The number of amides is 1. The topological polar surface area (TPSA) is 67.5 Å². The molecule has 0 atom stereocenters. The van der Waals surface area contributed by atoms with Gasteiger partial charge in [0.2, 0.25) is 6.41 Å². The quantitative estimate of drug-likeness (QED) is 0.429. The molecule has 1 rings (SSSR count). The van der Waals surface area contributed by atoms with Gasteiger partial charge in [-0.1, -0.05) is 18.2 Å². The molecule has 0 aliphatic heterocycles. The van der Waals surface area contributed by atoms with E-state index >= 15 is 0 Å². The van der Waals surface area contributed by atoms with E-state index < -0.39 is 0 Å². The van der Waals surface area contributed by atoms with Gasteiger partial charge in [0.25, 0.3) is 0 Å². The Bertz CT molecular complexity index is 371. The van der Waals surface area contributed by atoms with Crippen LogP contribution in [0.1, 0.15) is 6.42 Å². The summed E-state index contributed by atoms with van der Waals surface area (Å²) in [6.07, 6.45) is 4.55. The summed E-state index contributed by atoms with van der Waals surface area (Å²) in [6.45, 7) is 0.563. The molecule has 0 aliphatic carbocycles. The van der Waals surface area contributed by atoms with Crippen molar-refractivity contribution in [2.24, 2.45) is 10.7 Å². The van der Waals surface area contributed by atoms with Crippen LogP contribution in [0, 0.1) is 0 Å². The Morgan fingerprint density at radius 3 is 2.75 bits per heavy atom. The SMILES string of the molecule is NC=C(C=Nc1ccccc1)CCNC=O. The Balaban J connectivity index is 2.50. The molecule has 4 nitrogen and oxygen atoms in total. The Kier molecular flexibility index (Phi) is 5.41. The summed E-state index contributed by atoms with van der Waals surface area (Å²) < 4.78 is 0. The minimum atomic E-state index is 0.563. The molecule has 0 saturated heterocycles. The first kappa shape index (κ1) is 12.0. The third kappa shape index (κ3) is 4.41. The Labute approximate surface area is 94.9 Å². The number of carbonyl (C=O) groups excluding carboxylic acids is 1. The molecule has 0 aromatic heterocycles. The van der Waals surface area contributed by atoms with Gasteiger partial charge >= 0.3 is 0 Å². The zero-order chi connectivity index (χ0) is 11.6.